The third kappa shape index (κ3) is 3.60. The molecule has 1 unspecified atom stereocenters. The Morgan fingerprint density at radius 2 is 1.73 bits per heavy atom. The first-order valence-corrected chi connectivity index (χ1v) is 4.86. The smallest absolute Gasteiger partial charge is 0.0295 e. The molecule has 0 fully saturated rings. The van der Waals surface area contributed by atoms with Crippen LogP contribution < -0.4 is 0 Å². The molecule has 0 bridgehead atoms. The van der Waals surface area contributed by atoms with E-state index in [1.165, 1.54) is 12.8 Å². The zero-order chi connectivity index (χ0) is 8.85. The second kappa shape index (κ2) is 5.40. The van der Waals surface area contributed by atoms with E-state index in [1.807, 2.05) is 13.8 Å². The van der Waals surface area contributed by atoms with Crippen LogP contribution in [0.4, 0.5) is 0 Å². The Kier molecular flexibility index (Phi) is 5.27. The number of hydrogen-bond donors (Lipinski definition) is 0. The molecule has 0 N–H and O–H groups in total. The van der Waals surface area contributed by atoms with Gasteiger partial charge >= 0.3 is 0 Å². The van der Waals surface area contributed by atoms with E-state index in [0.717, 1.165) is 11.8 Å². The summed E-state index contributed by atoms with van der Waals surface area (Å²) in [5, 5.41) is 0. The third-order valence-corrected chi connectivity index (χ3v) is 2.45. The Bertz CT molecular complexity index is 122. The fourth-order valence-electron chi connectivity index (χ4n) is 1.41. The van der Waals surface area contributed by atoms with Crippen LogP contribution in [0.3, 0.4) is 0 Å². The van der Waals surface area contributed by atoms with Gasteiger partial charge in [-0.15, -0.1) is 0 Å². The number of rotatable bonds is 0. The molecule has 66 valence electrons. The summed E-state index contributed by atoms with van der Waals surface area (Å²) in [7, 11) is 0. The average Bonchev–Trinajstić information content (AvgIpc) is 2.02. The van der Waals surface area contributed by atoms with Crippen molar-refractivity contribution in [1.29, 1.82) is 0 Å². The lowest BCUT2D eigenvalue weighted by Gasteiger charge is -2.23. The van der Waals surface area contributed by atoms with E-state index in [-0.39, 0.29) is 0 Å². The van der Waals surface area contributed by atoms with Gasteiger partial charge in [-0.3, -0.25) is 0 Å². The largest absolute Gasteiger partial charge is 0.0853 e. The zero-order valence-electron chi connectivity index (χ0n) is 8.65. The molecule has 11 heavy (non-hydrogen) atoms. The van der Waals surface area contributed by atoms with Crippen molar-refractivity contribution in [3.63, 3.8) is 0 Å². The quantitative estimate of drug-likeness (QED) is 0.462. The minimum absolute atomic E-state index is 0.911. The average molecular weight is 154 g/mol. The highest BCUT2D eigenvalue weighted by molar-refractivity contribution is 5.04. The van der Waals surface area contributed by atoms with Crippen LogP contribution in [0.15, 0.2) is 11.6 Å². The second-order valence-electron chi connectivity index (χ2n) is 3.44. The van der Waals surface area contributed by atoms with Crippen LogP contribution in [0.1, 0.15) is 47.5 Å². The maximum absolute atomic E-state index is 2.38. The van der Waals surface area contributed by atoms with Crippen LogP contribution in [0.25, 0.3) is 0 Å². The Balaban J connectivity index is 0.000000461. The normalized spacial score (nSPS) is 30.1. The molecule has 0 nitrogen and oxygen atoms in total. The highest BCUT2D eigenvalue weighted by Gasteiger charge is 2.15. The predicted octanol–water partition coefficient (Wildman–Crippen LogP) is 4.02. The van der Waals surface area contributed by atoms with Crippen LogP contribution in [0.5, 0.6) is 0 Å². The topological polar surface area (TPSA) is 0 Å². The van der Waals surface area contributed by atoms with Crippen molar-refractivity contribution >= 4 is 0 Å². The van der Waals surface area contributed by atoms with Gasteiger partial charge in [0.1, 0.15) is 0 Å². The lowest BCUT2D eigenvalue weighted by atomic mass is 9.83. The highest BCUT2D eigenvalue weighted by atomic mass is 14.2. The van der Waals surface area contributed by atoms with E-state index in [1.54, 1.807) is 5.57 Å². The maximum atomic E-state index is 2.38. The molecule has 1 aliphatic carbocycles. The second-order valence-corrected chi connectivity index (χ2v) is 3.44. The molecule has 2 atom stereocenters. The van der Waals surface area contributed by atoms with Crippen molar-refractivity contribution in [1.82, 2.24) is 0 Å². The molecule has 0 heteroatoms. The number of hydrogen-bond acceptors (Lipinski definition) is 0. The van der Waals surface area contributed by atoms with Crippen molar-refractivity contribution in [2.75, 3.05) is 0 Å². The van der Waals surface area contributed by atoms with Crippen molar-refractivity contribution in [2.45, 2.75) is 47.5 Å². The predicted molar refractivity (Wildman–Crippen MR) is 52.7 cm³/mol. The summed E-state index contributed by atoms with van der Waals surface area (Å²) < 4.78 is 0. The van der Waals surface area contributed by atoms with Crippen molar-refractivity contribution in [3.05, 3.63) is 11.6 Å². The third-order valence-electron chi connectivity index (χ3n) is 2.45. The first kappa shape index (κ1) is 10.7. The van der Waals surface area contributed by atoms with E-state index in [0.29, 0.717) is 0 Å². The Hall–Kier alpha value is -0.260. The van der Waals surface area contributed by atoms with Crippen molar-refractivity contribution in [3.8, 4) is 0 Å². The summed E-state index contributed by atoms with van der Waals surface area (Å²) in [5.74, 6) is 1.82. The molecule has 0 heterocycles. The Morgan fingerprint density at radius 1 is 1.18 bits per heavy atom. The van der Waals surface area contributed by atoms with Gasteiger partial charge in [0.05, 0.1) is 0 Å². The molecule has 0 amide bonds. The van der Waals surface area contributed by atoms with Gasteiger partial charge in [-0.25, -0.2) is 0 Å². The van der Waals surface area contributed by atoms with Gasteiger partial charge in [0, 0.05) is 0 Å². The summed E-state index contributed by atoms with van der Waals surface area (Å²) in [4.78, 5) is 0. The standard InChI is InChI=1S/C9H16.C2H6/c1-7-4-5-8(2)9(3)6-7;1-2/h4,8-9H,5-6H2,1-3H3;1-2H3/t8-,9?;/m1./s1. The number of allylic oxidation sites excluding steroid dienone is 2. The molecule has 0 saturated heterocycles. The molecule has 0 aliphatic heterocycles. The lowest BCUT2D eigenvalue weighted by molar-refractivity contribution is 0.369. The fourth-order valence-corrected chi connectivity index (χ4v) is 1.41. The summed E-state index contributed by atoms with van der Waals surface area (Å²) >= 11 is 0. The van der Waals surface area contributed by atoms with Gasteiger partial charge in [-0.1, -0.05) is 39.3 Å². The van der Waals surface area contributed by atoms with Crippen LogP contribution in [0, 0.1) is 11.8 Å². The summed E-state index contributed by atoms with van der Waals surface area (Å²) in [6.07, 6.45) is 5.00. The van der Waals surface area contributed by atoms with Crippen molar-refractivity contribution < 1.29 is 0 Å². The molecular weight excluding hydrogens is 132 g/mol. The van der Waals surface area contributed by atoms with E-state index in [2.05, 4.69) is 26.8 Å². The van der Waals surface area contributed by atoms with Gasteiger partial charge in [0.25, 0.3) is 0 Å². The molecule has 1 rings (SSSR count). The van der Waals surface area contributed by atoms with Crippen LogP contribution >= 0.6 is 0 Å². The van der Waals surface area contributed by atoms with E-state index in [4.69, 9.17) is 0 Å². The first-order chi connectivity index (χ1) is 5.20. The van der Waals surface area contributed by atoms with Crippen LogP contribution in [-0.2, 0) is 0 Å². The molecular formula is C11H22. The Morgan fingerprint density at radius 3 is 2.09 bits per heavy atom. The summed E-state index contributed by atoms with van der Waals surface area (Å²) in [5.41, 5.74) is 1.58. The van der Waals surface area contributed by atoms with Gasteiger partial charge in [-0.2, -0.15) is 0 Å². The van der Waals surface area contributed by atoms with Crippen LogP contribution in [-0.4, -0.2) is 0 Å². The molecule has 0 aromatic heterocycles. The van der Waals surface area contributed by atoms with Gasteiger partial charge < -0.3 is 0 Å². The van der Waals surface area contributed by atoms with Crippen LogP contribution in [0.2, 0.25) is 0 Å². The lowest BCUT2D eigenvalue weighted by Crippen LogP contribution is -2.11. The Labute approximate surface area is 71.7 Å². The van der Waals surface area contributed by atoms with E-state index < -0.39 is 0 Å². The highest BCUT2D eigenvalue weighted by Crippen LogP contribution is 2.27. The van der Waals surface area contributed by atoms with Gasteiger partial charge in [0.15, 0.2) is 0 Å². The SMILES string of the molecule is CC.CC1=CC[C@@H](C)C(C)C1. The minimum atomic E-state index is 0.911. The monoisotopic (exact) mass is 154 g/mol. The molecule has 0 spiro atoms. The fraction of sp³-hybridized carbons (Fsp3) is 0.818. The molecule has 0 saturated carbocycles. The van der Waals surface area contributed by atoms with E-state index >= 15 is 0 Å². The molecule has 0 radical (unpaired) electrons. The minimum Gasteiger partial charge on any atom is -0.0853 e. The van der Waals surface area contributed by atoms with Gasteiger partial charge in [-0.05, 0) is 31.6 Å². The maximum Gasteiger partial charge on any atom is -0.0295 e. The molecule has 0 aromatic carbocycles. The van der Waals surface area contributed by atoms with E-state index in [9.17, 15) is 0 Å². The summed E-state index contributed by atoms with van der Waals surface area (Å²) in [6, 6.07) is 0. The zero-order valence-corrected chi connectivity index (χ0v) is 8.65. The molecule has 1 aliphatic rings. The molecule has 0 aromatic rings. The van der Waals surface area contributed by atoms with Crippen molar-refractivity contribution in [2.24, 2.45) is 11.8 Å². The van der Waals surface area contributed by atoms with Gasteiger partial charge in [0.2, 0.25) is 0 Å². The summed E-state index contributed by atoms with van der Waals surface area (Å²) in [6.45, 7) is 10.9. The first-order valence-electron chi connectivity index (χ1n) is 4.86.